The smallest absolute Gasteiger partial charge is 0.410 e. The number of aromatic hydroxyl groups is 1. The van der Waals surface area contributed by atoms with Crippen LogP contribution in [0.5, 0.6) is 5.75 Å². The Morgan fingerprint density at radius 2 is 1.68 bits per heavy atom. The lowest BCUT2D eigenvalue weighted by Crippen LogP contribution is -2.36. The van der Waals surface area contributed by atoms with Gasteiger partial charge in [0.25, 0.3) is 5.91 Å². The van der Waals surface area contributed by atoms with Gasteiger partial charge in [-0.15, -0.1) is 0 Å². The van der Waals surface area contributed by atoms with Crippen LogP contribution in [0.2, 0.25) is 0 Å². The van der Waals surface area contributed by atoms with E-state index in [-0.39, 0.29) is 40.8 Å². The summed E-state index contributed by atoms with van der Waals surface area (Å²) in [7, 11) is -2.16. The van der Waals surface area contributed by atoms with Gasteiger partial charge in [0.05, 0.1) is 52.4 Å². The Morgan fingerprint density at radius 3 is 2.34 bits per heavy atom. The van der Waals surface area contributed by atoms with Gasteiger partial charge in [0.1, 0.15) is 11.4 Å². The quantitative estimate of drug-likeness (QED) is 0.0332. The topological polar surface area (TPSA) is 183 Å². The lowest BCUT2D eigenvalue weighted by atomic mass is 9.92. The molecule has 4 N–H and O–H groups in total. The lowest BCUT2D eigenvalue weighted by Gasteiger charge is -2.33. The van der Waals surface area contributed by atoms with Crippen molar-refractivity contribution in [1.82, 2.24) is 14.9 Å². The third-order valence-corrected chi connectivity index (χ3v) is 14.0. The highest BCUT2D eigenvalue weighted by atomic mass is 127. The number of ether oxygens (including phenoxy) is 2. The summed E-state index contributed by atoms with van der Waals surface area (Å²) in [5.41, 5.74) is 7.10. The number of aromatic nitrogens is 2. The predicted octanol–water partition coefficient (Wildman–Crippen LogP) is 9.63. The van der Waals surface area contributed by atoms with Crippen LogP contribution in [0, 0.1) is 0 Å². The minimum absolute atomic E-state index is 0.0214. The zero-order chi connectivity index (χ0) is 42.8. The van der Waals surface area contributed by atoms with E-state index in [1.807, 2.05) is 25.1 Å². The van der Waals surface area contributed by atoms with Gasteiger partial charge in [-0.1, -0.05) is 73.9 Å². The number of amides is 2. The molecule has 2 unspecified atom stereocenters. The zero-order valence-electron chi connectivity index (χ0n) is 34.3. The predicted molar refractivity (Wildman–Crippen MR) is 240 cm³/mol. The van der Waals surface area contributed by atoms with Crippen molar-refractivity contribution in [1.29, 1.82) is 0 Å². The van der Waals surface area contributed by atoms with E-state index in [0.29, 0.717) is 49.3 Å². The normalized spacial score (nSPS) is 14.8. The SMILES string of the molecule is CN(Cc1cccc(NC(=O)c2nc(-c3ccc(S(=O)(=O)C4(CC(C)(CCCCCCOCc5ccccc5)OPI)CC4)cc3)cnc2N)c1O)C(=O)OC(C)(C)C. The molecule has 1 fully saturated rings. The Hall–Kier alpha value is -3.89. The number of unbranched alkanes of at least 4 members (excludes halogenated alkanes) is 3. The molecule has 2 atom stereocenters. The lowest BCUT2D eigenvalue weighted by molar-refractivity contribution is 0.0284. The van der Waals surface area contributed by atoms with Crippen LogP contribution in [0.15, 0.2) is 83.9 Å². The standard InChI is InChI=1S/C43H55IN5O8PS/c1-41(2,3)56-40(52)49(5)27-32-16-13-17-34(37(32)50)48-39(51)36-38(45)46-26-35(47-36)31-18-20-33(21-19-31)59(53,54)43(23-24-43)29-42(4,57-58-44)22-11-6-7-12-25-55-28-30-14-9-8-10-15-30/h8-10,13-21,26,50,58H,6-7,11-12,22-25,27-29H2,1-5H3,(H2,45,46)(H,48,51). The fourth-order valence-corrected chi connectivity index (χ4v) is 11.0. The monoisotopic (exact) mass is 959 g/mol. The van der Waals surface area contributed by atoms with E-state index in [9.17, 15) is 23.1 Å². The van der Waals surface area contributed by atoms with Crippen molar-refractivity contribution in [3.05, 3.63) is 95.8 Å². The molecule has 16 heteroatoms. The molecular weight excluding hydrogens is 904 g/mol. The number of carbonyl (C=O) groups is 2. The molecule has 5 rings (SSSR count). The van der Waals surface area contributed by atoms with Crippen molar-refractivity contribution in [3.8, 4) is 17.0 Å². The maximum atomic E-state index is 14.2. The number of nitrogens with two attached hydrogens (primary N) is 1. The molecule has 1 aromatic heterocycles. The maximum absolute atomic E-state index is 14.2. The number of nitrogen functional groups attached to an aromatic ring is 1. The fourth-order valence-electron chi connectivity index (χ4n) is 6.87. The van der Waals surface area contributed by atoms with Crippen molar-refractivity contribution in [2.45, 2.75) is 113 Å². The molecule has 2 amide bonds. The zero-order valence-corrected chi connectivity index (χ0v) is 38.3. The molecule has 0 aliphatic heterocycles. The highest BCUT2D eigenvalue weighted by Crippen LogP contribution is 2.54. The Kier molecular flexibility index (Phi) is 15.7. The molecular formula is C43H55IN5O8PS. The molecule has 4 aromatic rings. The van der Waals surface area contributed by atoms with Crippen LogP contribution in [0.4, 0.5) is 16.3 Å². The van der Waals surface area contributed by atoms with Crippen molar-refractivity contribution in [3.63, 3.8) is 0 Å². The summed E-state index contributed by atoms with van der Waals surface area (Å²) in [4.78, 5) is 36.1. The highest BCUT2D eigenvalue weighted by molar-refractivity contribution is 14.2. The van der Waals surface area contributed by atoms with Gasteiger partial charge in [-0.05, 0) is 106 Å². The number of hydrogen-bond acceptors (Lipinski definition) is 11. The molecule has 1 aliphatic carbocycles. The summed E-state index contributed by atoms with van der Waals surface area (Å²) in [5.74, 6) is -1.08. The second-order valence-corrected chi connectivity index (χ2v) is 20.3. The molecule has 318 valence electrons. The molecule has 1 saturated carbocycles. The average molecular weight is 960 g/mol. The van der Waals surface area contributed by atoms with Crippen LogP contribution in [-0.2, 0) is 37.0 Å². The van der Waals surface area contributed by atoms with Crippen LogP contribution in [-0.4, -0.2) is 70.0 Å². The minimum Gasteiger partial charge on any atom is -0.505 e. The van der Waals surface area contributed by atoms with Crippen molar-refractivity contribution in [2.75, 3.05) is 24.7 Å². The maximum Gasteiger partial charge on any atom is 0.410 e. The van der Waals surface area contributed by atoms with Gasteiger partial charge in [-0.3, -0.25) is 4.79 Å². The van der Waals surface area contributed by atoms with E-state index < -0.39 is 37.8 Å². The van der Waals surface area contributed by atoms with E-state index in [0.717, 1.165) is 32.1 Å². The number of phenols is 1. The Morgan fingerprint density at radius 1 is 0.983 bits per heavy atom. The van der Waals surface area contributed by atoms with Crippen molar-refractivity contribution >= 4 is 61.8 Å². The number of nitrogens with zero attached hydrogens (tertiary/aromatic N) is 3. The molecule has 0 radical (unpaired) electrons. The molecule has 59 heavy (non-hydrogen) atoms. The van der Waals surface area contributed by atoms with Gasteiger partial charge in [-0.2, -0.15) is 0 Å². The molecule has 1 heterocycles. The third kappa shape index (κ3) is 12.6. The number of sulfone groups is 1. The van der Waals surface area contributed by atoms with E-state index in [4.69, 9.17) is 19.7 Å². The van der Waals surface area contributed by atoms with Gasteiger partial charge in [0, 0.05) is 24.8 Å². The number of anilines is 2. The third-order valence-electron chi connectivity index (χ3n) is 10.2. The highest BCUT2D eigenvalue weighted by Gasteiger charge is 2.58. The Bertz CT molecular complexity index is 2170. The molecule has 0 saturated heterocycles. The van der Waals surface area contributed by atoms with Crippen LogP contribution >= 0.6 is 28.5 Å². The fraction of sp³-hybridized carbons (Fsp3) is 0.442. The molecule has 3 aromatic carbocycles. The van der Waals surface area contributed by atoms with Gasteiger partial charge in [0.15, 0.2) is 21.3 Å². The number of hydrogen-bond donors (Lipinski definition) is 3. The molecule has 0 bridgehead atoms. The van der Waals surface area contributed by atoms with E-state index >= 15 is 0 Å². The van der Waals surface area contributed by atoms with Crippen LogP contribution < -0.4 is 11.1 Å². The van der Waals surface area contributed by atoms with Gasteiger partial charge >= 0.3 is 6.09 Å². The number of nitrogens with one attached hydrogen (secondary N) is 1. The summed E-state index contributed by atoms with van der Waals surface area (Å²) in [6.07, 6.45) is 7.13. The van der Waals surface area contributed by atoms with Crippen LogP contribution in [0.1, 0.15) is 101 Å². The van der Waals surface area contributed by atoms with Gasteiger partial charge in [0.2, 0.25) is 0 Å². The number of rotatable bonds is 20. The summed E-state index contributed by atoms with van der Waals surface area (Å²) in [6.45, 7) is 8.87. The number of phenolic OH excluding ortho intramolecular Hbond substituents is 1. The second kappa shape index (κ2) is 20.1. The largest absolute Gasteiger partial charge is 0.505 e. The first-order chi connectivity index (χ1) is 28.0. The minimum atomic E-state index is -3.71. The summed E-state index contributed by atoms with van der Waals surface area (Å²) in [5, 5.41) is 13.6. The summed E-state index contributed by atoms with van der Waals surface area (Å²) in [6, 6.07) is 21.3. The number of benzene rings is 3. The first-order valence-corrected chi connectivity index (χ1v) is 25.2. The Balaban J connectivity index is 1.19. The van der Waals surface area contributed by atoms with Gasteiger partial charge < -0.3 is 35.1 Å². The van der Waals surface area contributed by atoms with Crippen molar-refractivity contribution in [2.24, 2.45) is 0 Å². The Labute approximate surface area is 362 Å². The van der Waals surface area contributed by atoms with Crippen LogP contribution in [0.3, 0.4) is 0 Å². The molecule has 1 aliphatic rings. The first-order valence-electron chi connectivity index (χ1n) is 19.7. The summed E-state index contributed by atoms with van der Waals surface area (Å²) >= 11 is 2.21. The average Bonchev–Trinajstić information content (AvgIpc) is 3.98. The van der Waals surface area contributed by atoms with Crippen molar-refractivity contribution < 1.29 is 37.1 Å². The van der Waals surface area contributed by atoms with E-state index in [1.165, 1.54) is 22.7 Å². The first kappa shape index (κ1) is 46.2. The number of halogens is 1. The molecule has 13 nitrogen and oxygen atoms in total. The van der Waals surface area contributed by atoms with Gasteiger partial charge in [-0.25, -0.2) is 23.2 Å². The number of para-hydroxylation sites is 1. The van der Waals surface area contributed by atoms with Crippen LogP contribution in [0.25, 0.3) is 11.3 Å². The number of carbonyl (C=O) groups excluding carboxylic acids is 2. The molecule has 0 spiro atoms. The van der Waals surface area contributed by atoms with E-state index in [2.05, 4.69) is 49.5 Å². The van der Waals surface area contributed by atoms with E-state index in [1.54, 1.807) is 64.2 Å². The second-order valence-electron chi connectivity index (χ2n) is 16.3. The summed E-state index contributed by atoms with van der Waals surface area (Å²) < 4.78 is 44.9.